The Morgan fingerprint density at radius 3 is 1.60 bits per heavy atom. The molecule has 0 aliphatic carbocycles. The van der Waals surface area contributed by atoms with Crippen LogP contribution in [0.3, 0.4) is 0 Å². The second kappa shape index (κ2) is 30.0. The first-order valence-electron chi connectivity index (χ1n) is 27.1. The minimum Gasteiger partial charge on any atom is -0.384 e. The molecule has 0 bridgehead atoms. The Morgan fingerprint density at radius 2 is 1.07 bits per heavy atom. The van der Waals surface area contributed by atoms with Gasteiger partial charge in [-0.25, -0.2) is 42.7 Å². The summed E-state index contributed by atoms with van der Waals surface area (Å²) in [6, 6.07) is 18.5. The van der Waals surface area contributed by atoms with Crippen molar-refractivity contribution in [3.05, 3.63) is 131 Å². The number of nitrogens with one attached hydrogen (secondary N) is 8. The third kappa shape index (κ3) is 17.7. The fraction of sp³-hybridized carbons (Fsp3) is 0.368. The van der Waals surface area contributed by atoms with Crippen LogP contribution in [-0.2, 0) is 13.0 Å². The van der Waals surface area contributed by atoms with Crippen molar-refractivity contribution in [3.63, 3.8) is 0 Å². The van der Waals surface area contributed by atoms with Crippen LogP contribution in [0, 0.1) is 17.5 Å². The largest absolute Gasteiger partial charge is 0.384 e. The summed E-state index contributed by atoms with van der Waals surface area (Å²) in [6.07, 6.45) is 11.0. The summed E-state index contributed by atoms with van der Waals surface area (Å²) in [5, 5.41) is 22.3. The number of benzene rings is 2. The third-order valence-corrected chi connectivity index (χ3v) is 13.2. The summed E-state index contributed by atoms with van der Waals surface area (Å²) in [4.78, 5) is 71.8. The zero-order valence-electron chi connectivity index (χ0n) is 45.2. The second-order valence-corrected chi connectivity index (χ2v) is 19.2. The van der Waals surface area contributed by atoms with Crippen LogP contribution in [0.15, 0.2) is 91.3 Å². The van der Waals surface area contributed by atoms with Crippen molar-refractivity contribution in [2.24, 2.45) is 0 Å². The van der Waals surface area contributed by atoms with E-state index < -0.39 is 29.5 Å². The molecule has 23 heteroatoms. The number of urea groups is 2. The van der Waals surface area contributed by atoms with Crippen LogP contribution in [0.4, 0.5) is 57.4 Å². The first-order valence-corrected chi connectivity index (χ1v) is 27.1. The number of anilines is 6. The molecule has 2 aliphatic heterocycles. The molecule has 2 fully saturated rings. The predicted molar refractivity (Wildman–Crippen MR) is 307 cm³/mol. The molecule has 4 aromatic heterocycles. The van der Waals surface area contributed by atoms with Crippen molar-refractivity contribution in [1.82, 2.24) is 51.0 Å². The molecule has 6 heterocycles. The van der Waals surface area contributed by atoms with Gasteiger partial charge in [0.2, 0.25) is 0 Å². The summed E-state index contributed by atoms with van der Waals surface area (Å²) in [6.45, 7) is 12.2. The van der Waals surface area contributed by atoms with E-state index in [-0.39, 0.29) is 52.4 Å². The number of hydrogen-bond donors (Lipinski definition) is 10. The maximum absolute atomic E-state index is 15.1. The van der Waals surface area contributed by atoms with E-state index in [1.54, 1.807) is 42.6 Å². The zero-order valence-corrected chi connectivity index (χ0v) is 45.2. The highest BCUT2D eigenvalue weighted by atomic mass is 19.1. The molecule has 8 rings (SSSR count). The van der Waals surface area contributed by atoms with Gasteiger partial charge in [0.05, 0.1) is 33.8 Å². The molecule has 2 aromatic carbocycles. The number of hydrogen-bond acceptors (Lipinski definition) is 14. The van der Waals surface area contributed by atoms with Crippen molar-refractivity contribution in [1.29, 1.82) is 0 Å². The average molecular weight is 1100 g/mol. The van der Waals surface area contributed by atoms with Crippen molar-refractivity contribution < 1.29 is 32.3 Å². The molecule has 0 atom stereocenters. The van der Waals surface area contributed by atoms with Gasteiger partial charge >= 0.3 is 12.1 Å². The standard InChI is InChI=1S/C29H37FN8O2.C28H34F2N8O2/c1-2-32-27-22(28(39)33-14-17-38-15-4-3-5-16-38)8-10-24(36-27)21-7-9-25(23(30)18-21)37-29(40)34-13-12-20-6-11-26(31)35-19-20;1-2-32-26-20(27(39)33-10-13-38-11-4-3-5-12-38)7-8-23(37-26)25-21(29)14-19(15-22(25)30)36-28(40)35-17-18-6-9-24(31)34-16-18/h6-11,18-19H,2-5,12-17H2,1H3,(H2,31,35)(H,32,36)(H,33,39)(H2,34,37,40);6-9,14-16H,2-5,10-13,17H2,1H3,(H2,31,34)(H,32,37)(H,33,39)(H2,35,36,40). The number of rotatable bonds is 21. The summed E-state index contributed by atoms with van der Waals surface area (Å²) in [5.41, 5.74) is 14.1. The predicted octanol–water partition coefficient (Wildman–Crippen LogP) is 7.85. The molecule has 2 aliphatic rings. The second-order valence-electron chi connectivity index (χ2n) is 19.2. The molecule has 0 radical (unpaired) electrons. The Hall–Kier alpha value is -8.57. The Morgan fingerprint density at radius 1 is 0.550 bits per heavy atom. The smallest absolute Gasteiger partial charge is 0.319 e. The number of pyridine rings is 4. The minimum absolute atomic E-state index is 0.0164. The number of amides is 6. The zero-order chi connectivity index (χ0) is 56.8. The van der Waals surface area contributed by atoms with E-state index in [2.05, 4.69) is 72.3 Å². The fourth-order valence-corrected chi connectivity index (χ4v) is 9.04. The van der Waals surface area contributed by atoms with Gasteiger partial charge in [-0.1, -0.05) is 31.0 Å². The lowest BCUT2D eigenvalue weighted by atomic mass is 10.1. The maximum atomic E-state index is 15.1. The van der Waals surface area contributed by atoms with E-state index in [1.165, 1.54) is 69.0 Å². The van der Waals surface area contributed by atoms with Gasteiger partial charge < -0.3 is 63.8 Å². The number of nitrogens with two attached hydrogens (primary N) is 2. The van der Waals surface area contributed by atoms with E-state index in [1.807, 2.05) is 19.9 Å². The number of halogens is 3. The van der Waals surface area contributed by atoms with Gasteiger partial charge in [-0.3, -0.25) is 9.59 Å². The summed E-state index contributed by atoms with van der Waals surface area (Å²) in [7, 11) is 0. The summed E-state index contributed by atoms with van der Waals surface area (Å²) < 4.78 is 45.1. The van der Waals surface area contributed by atoms with Crippen molar-refractivity contribution >= 4 is 58.5 Å². The van der Waals surface area contributed by atoms with Crippen LogP contribution in [0.5, 0.6) is 0 Å². The molecule has 6 aromatic rings. The van der Waals surface area contributed by atoms with Crippen molar-refractivity contribution in [3.8, 4) is 22.5 Å². The lowest BCUT2D eigenvalue weighted by molar-refractivity contribution is 0.0939. The van der Waals surface area contributed by atoms with Gasteiger partial charge in [0.15, 0.2) is 0 Å². The maximum Gasteiger partial charge on any atom is 0.319 e. The van der Waals surface area contributed by atoms with Crippen LogP contribution < -0.4 is 54.0 Å². The molecule has 2 saturated heterocycles. The van der Waals surface area contributed by atoms with E-state index in [0.29, 0.717) is 79.0 Å². The fourth-order valence-electron chi connectivity index (χ4n) is 9.04. The van der Waals surface area contributed by atoms with Crippen LogP contribution in [0.2, 0.25) is 0 Å². The van der Waals surface area contributed by atoms with Crippen LogP contribution in [0.25, 0.3) is 22.5 Å². The van der Waals surface area contributed by atoms with Crippen LogP contribution in [-0.4, -0.2) is 126 Å². The molecule has 0 spiro atoms. The van der Waals surface area contributed by atoms with Gasteiger partial charge in [-0.15, -0.1) is 0 Å². The number of nitrogens with zero attached hydrogens (tertiary/aromatic N) is 6. The Balaban J connectivity index is 0.000000231. The highest BCUT2D eigenvalue weighted by Crippen LogP contribution is 2.30. The molecule has 6 amide bonds. The van der Waals surface area contributed by atoms with Gasteiger partial charge in [0.1, 0.15) is 40.7 Å². The molecule has 0 saturated carbocycles. The highest BCUT2D eigenvalue weighted by molar-refractivity contribution is 6.00. The SMILES string of the molecule is CCNc1nc(-c2c(F)cc(NC(=O)NCc3ccc(N)nc3)cc2F)ccc1C(=O)NCCN1CCCCC1.CCNc1nc(-c2ccc(NC(=O)NCCc3ccc(N)nc3)c(F)c2)ccc1C(=O)NCCN1CCCCC1. The summed E-state index contributed by atoms with van der Waals surface area (Å²) >= 11 is 0. The van der Waals surface area contributed by atoms with Crippen molar-refractivity contribution in [2.45, 2.75) is 65.3 Å². The Labute approximate surface area is 463 Å². The van der Waals surface area contributed by atoms with Gasteiger partial charge in [-0.2, -0.15) is 0 Å². The van der Waals surface area contributed by atoms with Gasteiger partial charge in [-0.05, 0) is 144 Å². The number of likely N-dealkylation sites (tertiary alicyclic amines) is 2. The lowest BCUT2D eigenvalue weighted by Crippen LogP contribution is -2.37. The third-order valence-electron chi connectivity index (χ3n) is 13.2. The highest BCUT2D eigenvalue weighted by Gasteiger charge is 2.21. The molecule has 80 heavy (non-hydrogen) atoms. The first kappa shape index (κ1) is 59.1. The Kier molecular flexibility index (Phi) is 22.1. The van der Waals surface area contributed by atoms with Gasteiger partial charge in [0, 0.05) is 76.0 Å². The molecule has 12 N–H and O–H groups in total. The average Bonchev–Trinajstić information content (AvgIpc) is 3.45. The molecular weight excluding hydrogens is 1030 g/mol. The van der Waals surface area contributed by atoms with Crippen LogP contribution >= 0.6 is 0 Å². The molecule has 424 valence electrons. The van der Waals surface area contributed by atoms with E-state index in [0.717, 1.165) is 57.0 Å². The normalized spacial score (nSPS) is 13.5. The number of aromatic nitrogens is 4. The lowest BCUT2D eigenvalue weighted by Gasteiger charge is -2.26. The summed E-state index contributed by atoms with van der Waals surface area (Å²) in [5.74, 6) is -1.47. The van der Waals surface area contributed by atoms with Crippen LogP contribution in [0.1, 0.15) is 84.2 Å². The first-order chi connectivity index (χ1) is 38.8. The number of piperidine rings is 2. The number of carbonyl (C=O) groups is 4. The van der Waals surface area contributed by atoms with E-state index >= 15 is 8.78 Å². The Bertz CT molecular complexity index is 3010. The van der Waals surface area contributed by atoms with Gasteiger partial charge in [0.25, 0.3) is 11.8 Å². The number of carbonyl (C=O) groups excluding carboxylic acids is 4. The number of nitrogen functional groups attached to an aromatic ring is 2. The van der Waals surface area contributed by atoms with E-state index in [4.69, 9.17) is 11.5 Å². The molecular formula is C57H71F3N16O4. The minimum atomic E-state index is -0.910. The monoisotopic (exact) mass is 1100 g/mol. The van der Waals surface area contributed by atoms with Crippen molar-refractivity contribution in [2.75, 3.05) is 105 Å². The van der Waals surface area contributed by atoms with E-state index in [9.17, 15) is 23.6 Å². The quantitative estimate of drug-likeness (QED) is 0.0329. The molecule has 20 nitrogen and oxygen atoms in total. The topological polar surface area (TPSA) is 275 Å². The molecule has 0 unspecified atom stereocenters.